The van der Waals surface area contributed by atoms with Gasteiger partial charge in [0.2, 0.25) is 0 Å². The van der Waals surface area contributed by atoms with Crippen LogP contribution in [0, 0.1) is 0 Å². The van der Waals surface area contributed by atoms with E-state index in [-0.39, 0.29) is 0 Å². The Morgan fingerprint density at radius 2 is 1.89 bits per heavy atom. The minimum absolute atomic E-state index is 0.855. The van der Waals surface area contributed by atoms with Crippen molar-refractivity contribution in [2.75, 3.05) is 18.9 Å². The Hall–Kier alpha value is -1.94. The summed E-state index contributed by atoms with van der Waals surface area (Å²) in [5.74, 6) is 0.914. The van der Waals surface area contributed by atoms with Gasteiger partial charge in [-0.15, -0.1) is 0 Å². The summed E-state index contributed by atoms with van der Waals surface area (Å²) in [6.45, 7) is 4.94. The molecule has 0 aliphatic rings. The van der Waals surface area contributed by atoms with Crippen LogP contribution in [-0.2, 0) is 13.1 Å². The van der Waals surface area contributed by atoms with Gasteiger partial charge in [0.25, 0.3) is 0 Å². The van der Waals surface area contributed by atoms with Gasteiger partial charge in [-0.25, -0.2) is 4.98 Å². The highest BCUT2D eigenvalue weighted by Crippen LogP contribution is 2.10. The summed E-state index contributed by atoms with van der Waals surface area (Å²) in [5, 5.41) is 3.07. The van der Waals surface area contributed by atoms with Gasteiger partial charge >= 0.3 is 0 Å². The lowest BCUT2D eigenvalue weighted by atomic mass is 10.2. The van der Waals surface area contributed by atoms with Crippen LogP contribution in [0.4, 0.5) is 5.82 Å². The summed E-state index contributed by atoms with van der Waals surface area (Å²) in [7, 11) is 1.89. The van der Waals surface area contributed by atoms with E-state index in [0.717, 1.165) is 31.1 Å². The Kier molecular flexibility index (Phi) is 4.86. The van der Waals surface area contributed by atoms with E-state index in [1.807, 2.05) is 31.6 Å². The molecule has 0 aliphatic heterocycles. The molecule has 0 spiro atoms. The number of hydrogen-bond donors (Lipinski definition) is 1. The molecule has 0 aromatic carbocycles. The molecule has 0 radical (unpaired) electrons. The van der Waals surface area contributed by atoms with Gasteiger partial charge in [0.15, 0.2) is 0 Å². The van der Waals surface area contributed by atoms with E-state index in [9.17, 15) is 0 Å². The fourth-order valence-electron chi connectivity index (χ4n) is 1.96. The number of rotatable bonds is 6. The molecule has 0 amide bonds. The molecule has 0 fully saturated rings. The van der Waals surface area contributed by atoms with E-state index in [2.05, 4.69) is 45.3 Å². The third kappa shape index (κ3) is 4.03. The van der Waals surface area contributed by atoms with E-state index in [1.165, 1.54) is 5.56 Å². The number of anilines is 1. The molecule has 19 heavy (non-hydrogen) atoms. The summed E-state index contributed by atoms with van der Waals surface area (Å²) in [6.07, 6.45) is 3.67. The van der Waals surface area contributed by atoms with E-state index in [4.69, 9.17) is 0 Å². The molecule has 2 aromatic heterocycles. The van der Waals surface area contributed by atoms with E-state index in [1.54, 1.807) is 0 Å². The van der Waals surface area contributed by atoms with Gasteiger partial charge in [-0.1, -0.05) is 13.0 Å². The molecule has 0 unspecified atom stereocenters. The second-order valence-electron chi connectivity index (χ2n) is 4.42. The maximum atomic E-state index is 4.56. The molecule has 2 heterocycles. The number of hydrogen-bond acceptors (Lipinski definition) is 4. The highest BCUT2D eigenvalue weighted by molar-refractivity contribution is 5.34. The minimum atomic E-state index is 0.855. The lowest BCUT2D eigenvalue weighted by molar-refractivity contribution is 0.268. The van der Waals surface area contributed by atoms with Gasteiger partial charge in [0.1, 0.15) is 5.82 Å². The van der Waals surface area contributed by atoms with Crippen molar-refractivity contribution < 1.29 is 0 Å². The van der Waals surface area contributed by atoms with Crippen molar-refractivity contribution in [2.45, 2.75) is 20.0 Å². The summed E-state index contributed by atoms with van der Waals surface area (Å²) in [6, 6.07) is 10.2. The van der Waals surface area contributed by atoms with Crippen molar-refractivity contribution in [3.05, 3.63) is 54.0 Å². The molecular formula is C15H20N4. The first-order valence-corrected chi connectivity index (χ1v) is 6.56. The molecule has 0 saturated carbocycles. The van der Waals surface area contributed by atoms with Crippen LogP contribution in [0.2, 0.25) is 0 Å². The third-order valence-corrected chi connectivity index (χ3v) is 3.05. The molecule has 0 bridgehead atoms. The molecule has 2 rings (SSSR count). The minimum Gasteiger partial charge on any atom is -0.373 e. The third-order valence-electron chi connectivity index (χ3n) is 3.05. The fraction of sp³-hybridized carbons (Fsp3) is 0.333. The Balaban J connectivity index is 2.02. The Labute approximate surface area is 114 Å². The van der Waals surface area contributed by atoms with Crippen LogP contribution in [0.15, 0.2) is 42.7 Å². The zero-order valence-electron chi connectivity index (χ0n) is 11.5. The van der Waals surface area contributed by atoms with Gasteiger partial charge in [0, 0.05) is 32.5 Å². The first-order valence-electron chi connectivity index (χ1n) is 6.56. The topological polar surface area (TPSA) is 41.1 Å². The van der Waals surface area contributed by atoms with Crippen LogP contribution >= 0.6 is 0 Å². The average Bonchev–Trinajstić information content (AvgIpc) is 2.48. The zero-order valence-corrected chi connectivity index (χ0v) is 11.5. The molecule has 1 N–H and O–H groups in total. The highest BCUT2D eigenvalue weighted by atomic mass is 15.1. The summed E-state index contributed by atoms with van der Waals surface area (Å²) in [4.78, 5) is 11.0. The van der Waals surface area contributed by atoms with Gasteiger partial charge < -0.3 is 5.32 Å². The monoisotopic (exact) mass is 256 g/mol. The van der Waals surface area contributed by atoms with Gasteiger partial charge in [-0.2, -0.15) is 0 Å². The molecule has 0 atom stereocenters. The predicted molar refractivity (Wildman–Crippen MR) is 77.8 cm³/mol. The molecule has 4 heteroatoms. The van der Waals surface area contributed by atoms with E-state index >= 15 is 0 Å². The standard InChI is InChI=1S/C15H20N4/c1-3-19(11-13-7-9-17-10-8-13)12-14-5-4-6-15(16-2)18-14/h4-10H,3,11-12H2,1-2H3,(H,16,18). The quantitative estimate of drug-likeness (QED) is 0.862. The first-order chi connectivity index (χ1) is 9.31. The molecular weight excluding hydrogens is 236 g/mol. The first kappa shape index (κ1) is 13.5. The second-order valence-corrected chi connectivity index (χ2v) is 4.42. The summed E-state index contributed by atoms with van der Waals surface area (Å²) < 4.78 is 0. The van der Waals surface area contributed by atoms with Crippen LogP contribution in [0.25, 0.3) is 0 Å². The smallest absolute Gasteiger partial charge is 0.126 e. The van der Waals surface area contributed by atoms with Crippen LogP contribution in [0.3, 0.4) is 0 Å². The molecule has 4 nitrogen and oxygen atoms in total. The lowest BCUT2D eigenvalue weighted by Crippen LogP contribution is -2.23. The number of nitrogens with one attached hydrogen (secondary N) is 1. The number of aromatic nitrogens is 2. The fourth-order valence-corrected chi connectivity index (χ4v) is 1.96. The van der Waals surface area contributed by atoms with Crippen molar-refractivity contribution in [3.8, 4) is 0 Å². The average molecular weight is 256 g/mol. The van der Waals surface area contributed by atoms with E-state index in [0.29, 0.717) is 0 Å². The second kappa shape index (κ2) is 6.85. The summed E-state index contributed by atoms with van der Waals surface area (Å²) in [5.41, 5.74) is 2.37. The van der Waals surface area contributed by atoms with Gasteiger partial charge in [0.05, 0.1) is 5.69 Å². The Bertz CT molecular complexity index is 499. The Morgan fingerprint density at radius 1 is 1.11 bits per heavy atom. The SMILES string of the molecule is CCN(Cc1ccncc1)Cc1cccc(NC)n1. The maximum absolute atomic E-state index is 4.56. The van der Waals surface area contributed by atoms with Gasteiger partial charge in [-0.3, -0.25) is 9.88 Å². The highest BCUT2D eigenvalue weighted by Gasteiger charge is 2.06. The van der Waals surface area contributed by atoms with Crippen LogP contribution in [0.5, 0.6) is 0 Å². The molecule has 100 valence electrons. The van der Waals surface area contributed by atoms with Crippen molar-refractivity contribution in [1.29, 1.82) is 0 Å². The molecule has 0 saturated heterocycles. The predicted octanol–water partition coefficient (Wildman–Crippen LogP) is 2.54. The van der Waals surface area contributed by atoms with Crippen LogP contribution in [0.1, 0.15) is 18.2 Å². The zero-order chi connectivity index (χ0) is 13.5. The van der Waals surface area contributed by atoms with Crippen molar-refractivity contribution in [2.24, 2.45) is 0 Å². The number of nitrogens with zero attached hydrogens (tertiary/aromatic N) is 3. The van der Waals surface area contributed by atoms with Gasteiger partial charge in [-0.05, 0) is 36.4 Å². The summed E-state index contributed by atoms with van der Waals surface area (Å²) >= 11 is 0. The van der Waals surface area contributed by atoms with Crippen molar-refractivity contribution in [3.63, 3.8) is 0 Å². The number of pyridine rings is 2. The normalized spacial score (nSPS) is 10.7. The van der Waals surface area contributed by atoms with Crippen LogP contribution < -0.4 is 5.32 Å². The van der Waals surface area contributed by atoms with Crippen molar-refractivity contribution in [1.82, 2.24) is 14.9 Å². The molecule has 0 aliphatic carbocycles. The molecule has 2 aromatic rings. The maximum Gasteiger partial charge on any atom is 0.126 e. The van der Waals surface area contributed by atoms with Crippen LogP contribution in [-0.4, -0.2) is 28.5 Å². The Morgan fingerprint density at radius 3 is 2.58 bits per heavy atom. The lowest BCUT2D eigenvalue weighted by Gasteiger charge is -2.20. The largest absolute Gasteiger partial charge is 0.373 e. The van der Waals surface area contributed by atoms with Crippen molar-refractivity contribution >= 4 is 5.82 Å². The van der Waals surface area contributed by atoms with E-state index < -0.39 is 0 Å².